The molecule has 1 saturated heterocycles. The van der Waals surface area contributed by atoms with Gasteiger partial charge < -0.3 is 20.5 Å². The van der Waals surface area contributed by atoms with Crippen LogP contribution < -0.4 is 16.0 Å². The summed E-state index contributed by atoms with van der Waals surface area (Å²) in [6.45, 7) is 5.73. The van der Waals surface area contributed by atoms with E-state index in [9.17, 15) is 4.79 Å². The average molecular weight is 540 g/mol. The summed E-state index contributed by atoms with van der Waals surface area (Å²) in [6, 6.07) is 7.29. The number of nitrogens with one attached hydrogen (secondary N) is 3. The van der Waals surface area contributed by atoms with E-state index in [1.165, 1.54) is 29.3 Å². The molecule has 0 unspecified atom stereocenters. The van der Waals surface area contributed by atoms with E-state index < -0.39 is 11.7 Å². The fourth-order valence-corrected chi connectivity index (χ4v) is 6.10. The molecule has 1 fully saturated rings. The maximum Gasteiger partial charge on any atom is 0.273 e. The Kier molecular flexibility index (Phi) is 7.49. The highest BCUT2D eigenvalue weighted by molar-refractivity contribution is 8.01. The van der Waals surface area contributed by atoms with E-state index in [0.29, 0.717) is 28.1 Å². The Morgan fingerprint density at radius 2 is 2.00 bits per heavy atom. The van der Waals surface area contributed by atoms with Crippen LogP contribution >= 0.6 is 23.1 Å². The van der Waals surface area contributed by atoms with E-state index in [1.54, 1.807) is 18.5 Å². The lowest BCUT2D eigenvalue weighted by Gasteiger charge is -2.36. The standard InChI is InChI=1S/C25H26FN7O2S2/c1-15-3-7-28-19(11-15)32-24-30-13-20(37-24)36-17-4-8-29-22(21(17)26)23(34)31-14-25(5-9-27-10-6-25)18-12-16(2)35-33-18/h3-4,7-8,11-13,27H,5-6,9-10,14H2,1-2H3,(H,31,34)(H,28,30,32). The van der Waals surface area contributed by atoms with E-state index in [0.717, 1.165) is 41.4 Å². The number of thiazole rings is 1. The minimum Gasteiger partial charge on any atom is -0.361 e. The van der Waals surface area contributed by atoms with Crippen LogP contribution in [-0.4, -0.2) is 45.7 Å². The van der Waals surface area contributed by atoms with Gasteiger partial charge in [0.15, 0.2) is 16.6 Å². The van der Waals surface area contributed by atoms with Gasteiger partial charge in [-0.3, -0.25) is 4.79 Å². The number of halogens is 1. The Morgan fingerprint density at radius 3 is 2.76 bits per heavy atom. The molecule has 0 aliphatic carbocycles. The van der Waals surface area contributed by atoms with Crippen molar-refractivity contribution in [1.29, 1.82) is 0 Å². The number of carbonyl (C=O) groups excluding carboxylic acids is 1. The zero-order valence-electron chi connectivity index (χ0n) is 20.4. The number of amides is 1. The van der Waals surface area contributed by atoms with Crippen LogP contribution in [0, 0.1) is 19.7 Å². The van der Waals surface area contributed by atoms with Crippen molar-refractivity contribution in [2.45, 2.75) is 41.2 Å². The molecule has 12 heteroatoms. The van der Waals surface area contributed by atoms with Crippen LogP contribution in [0.2, 0.25) is 0 Å². The van der Waals surface area contributed by atoms with Gasteiger partial charge in [0, 0.05) is 30.4 Å². The minimum absolute atomic E-state index is 0.239. The van der Waals surface area contributed by atoms with Crippen LogP contribution in [-0.2, 0) is 5.41 Å². The molecule has 37 heavy (non-hydrogen) atoms. The van der Waals surface area contributed by atoms with Gasteiger partial charge >= 0.3 is 0 Å². The summed E-state index contributed by atoms with van der Waals surface area (Å²) >= 11 is 2.57. The quantitative estimate of drug-likeness (QED) is 0.295. The molecular weight excluding hydrogens is 513 g/mol. The first-order valence-electron chi connectivity index (χ1n) is 11.8. The molecule has 192 valence electrons. The topological polar surface area (TPSA) is 118 Å². The second kappa shape index (κ2) is 11.0. The van der Waals surface area contributed by atoms with E-state index >= 15 is 4.39 Å². The van der Waals surface area contributed by atoms with Gasteiger partial charge in [-0.05, 0) is 63.5 Å². The Bertz CT molecular complexity index is 1400. The Morgan fingerprint density at radius 1 is 1.19 bits per heavy atom. The van der Waals surface area contributed by atoms with Crippen LogP contribution in [0.25, 0.3) is 0 Å². The maximum atomic E-state index is 15.4. The predicted octanol–water partition coefficient (Wildman–Crippen LogP) is 4.62. The Balaban J connectivity index is 1.27. The normalized spacial score (nSPS) is 14.9. The fourth-order valence-electron chi connectivity index (χ4n) is 4.23. The summed E-state index contributed by atoms with van der Waals surface area (Å²) in [7, 11) is 0. The molecule has 0 atom stereocenters. The first-order valence-corrected chi connectivity index (χ1v) is 13.5. The summed E-state index contributed by atoms with van der Waals surface area (Å²) in [5, 5.41) is 14.2. The number of anilines is 2. The van der Waals surface area contributed by atoms with Gasteiger partial charge in [-0.2, -0.15) is 0 Å². The second-order valence-electron chi connectivity index (χ2n) is 8.94. The minimum atomic E-state index is -0.662. The van der Waals surface area contributed by atoms with Crippen molar-refractivity contribution in [1.82, 2.24) is 30.7 Å². The number of nitrogens with zero attached hydrogens (tertiary/aromatic N) is 4. The molecule has 0 spiro atoms. The van der Waals surface area contributed by atoms with Gasteiger partial charge in [0.2, 0.25) is 0 Å². The predicted molar refractivity (Wildman–Crippen MR) is 140 cm³/mol. The molecule has 0 aromatic carbocycles. The van der Waals surface area contributed by atoms with Crippen molar-refractivity contribution in [2.75, 3.05) is 25.0 Å². The van der Waals surface area contributed by atoms with Crippen molar-refractivity contribution in [2.24, 2.45) is 0 Å². The number of carbonyl (C=O) groups is 1. The number of rotatable bonds is 8. The molecule has 1 aliphatic rings. The molecule has 1 amide bonds. The highest BCUT2D eigenvalue weighted by Gasteiger charge is 2.37. The van der Waals surface area contributed by atoms with Crippen molar-refractivity contribution in [3.63, 3.8) is 0 Å². The number of aryl methyl sites for hydroxylation is 2. The zero-order chi connectivity index (χ0) is 25.8. The zero-order valence-corrected chi connectivity index (χ0v) is 22.0. The van der Waals surface area contributed by atoms with Crippen molar-refractivity contribution < 1.29 is 13.7 Å². The number of hydrogen-bond acceptors (Lipinski definition) is 10. The summed E-state index contributed by atoms with van der Waals surface area (Å²) in [4.78, 5) is 26.0. The fraction of sp³-hybridized carbons (Fsp3) is 0.320. The lowest BCUT2D eigenvalue weighted by atomic mass is 9.76. The van der Waals surface area contributed by atoms with Crippen LogP contribution in [0.5, 0.6) is 0 Å². The molecule has 9 nitrogen and oxygen atoms in total. The van der Waals surface area contributed by atoms with Gasteiger partial charge in [0.25, 0.3) is 5.91 Å². The number of piperidine rings is 1. The maximum absolute atomic E-state index is 15.4. The molecule has 4 aromatic heterocycles. The molecule has 5 rings (SSSR count). The van der Waals surface area contributed by atoms with Gasteiger partial charge in [-0.15, -0.1) is 0 Å². The van der Waals surface area contributed by atoms with E-state index in [-0.39, 0.29) is 11.1 Å². The number of hydrogen-bond donors (Lipinski definition) is 3. The van der Waals surface area contributed by atoms with Crippen LogP contribution in [0.4, 0.5) is 15.3 Å². The molecule has 0 bridgehead atoms. The number of aromatic nitrogens is 4. The van der Waals surface area contributed by atoms with E-state index in [1.807, 2.05) is 32.0 Å². The second-order valence-corrected chi connectivity index (χ2v) is 11.3. The van der Waals surface area contributed by atoms with Crippen molar-refractivity contribution >= 4 is 40.0 Å². The summed E-state index contributed by atoms with van der Waals surface area (Å²) in [6.07, 6.45) is 6.39. The monoisotopic (exact) mass is 539 g/mol. The molecule has 1 aliphatic heterocycles. The third-order valence-corrected chi connectivity index (χ3v) is 8.28. The summed E-state index contributed by atoms with van der Waals surface area (Å²) in [5.74, 6) is 0.181. The molecule has 0 saturated carbocycles. The highest BCUT2D eigenvalue weighted by Crippen LogP contribution is 2.37. The van der Waals surface area contributed by atoms with Gasteiger partial charge in [0.1, 0.15) is 11.6 Å². The van der Waals surface area contributed by atoms with Gasteiger partial charge in [-0.1, -0.05) is 28.3 Å². The van der Waals surface area contributed by atoms with Crippen LogP contribution in [0.3, 0.4) is 0 Å². The highest BCUT2D eigenvalue weighted by atomic mass is 32.2. The average Bonchev–Trinajstić information content (AvgIpc) is 3.53. The molecule has 0 radical (unpaired) electrons. The molecule has 5 heterocycles. The van der Waals surface area contributed by atoms with Crippen LogP contribution in [0.15, 0.2) is 56.5 Å². The summed E-state index contributed by atoms with van der Waals surface area (Å²) < 4.78 is 21.4. The Labute approximate surface area is 221 Å². The van der Waals surface area contributed by atoms with E-state index in [4.69, 9.17) is 4.52 Å². The first kappa shape index (κ1) is 25.3. The van der Waals surface area contributed by atoms with Crippen LogP contribution in [0.1, 0.15) is 40.3 Å². The lowest BCUT2D eigenvalue weighted by Crippen LogP contribution is -2.48. The molecule has 4 aromatic rings. The van der Waals surface area contributed by atoms with Gasteiger partial charge in [0.05, 0.1) is 21.0 Å². The largest absolute Gasteiger partial charge is 0.361 e. The van der Waals surface area contributed by atoms with E-state index in [2.05, 4.69) is 36.1 Å². The SMILES string of the molecule is Cc1ccnc(Nc2ncc(Sc3ccnc(C(=O)NCC4(c5cc(C)on5)CCNCC4)c3F)s2)c1. The third-order valence-electron chi connectivity index (χ3n) is 6.23. The smallest absolute Gasteiger partial charge is 0.273 e. The van der Waals surface area contributed by atoms with Crippen molar-refractivity contribution in [3.05, 3.63) is 71.4 Å². The van der Waals surface area contributed by atoms with Gasteiger partial charge in [-0.25, -0.2) is 19.3 Å². The molecular formula is C25H26FN7O2S2. The lowest BCUT2D eigenvalue weighted by molar-refractivity contribution is 0.0926. The summed E-state index contributed by atoms with van der Waals surface area (Å²) in [5.41, 5.74) is 1.27. The molecule has 3 N–H and O–H groups in total. The Hall–Kier alpha value is -3.35. The first-order chi connectivity index (χ1) is 17.9. The third kappa shape index (κ3) is 5.81. The number of pyridine rings is 2. The van der Waals surface area contributed by atoms with Crippen molar-refractivity contribution in [3.8, 4) is 0 Å².